The number of ether oxygens (including phenoxy) is 2. The van der Waals surface area contributed by atoms with Crippen LogP contribution < -0.4 is 26.6 Å². The van der Waals surface area contributed by atoms with Gasteiger partial charge in [0, 0.05) is 31.7 Å². The van der Waals surface area contributed by atoms with Crippen molar-refractivity contribution < 1.29 is 27.8 Å². The highest BCUT2D eigenvalue weighted by Crippen LogP contribution is 2.27. The number of aromatic nitrogens is 2. The molecule has 0 aliphatic carbocycles. The predicted molar refractivity (Wildman–Crippen MR) is 155 cm³/mol. The molecule has 2 aromatic heterocycles. The number of nitrogens with two attached hydrogens (primary N) is 1. The number of rotatable bonds is 10. The van der Waals surface area contributed by atoms with Crippen LogP contribution >= 0.6 is 0 Å². The van der Waals surface area contributed by atoms with Gasteiger partial charge in [-0.15, -0.1) is 0 Å². The van der Waals surface area contributed by atoms with Crippen LogP contribution in [0.2, 0.25) is 0 Å². The van der Waals surface area contributed by atoms with Gasteiger partial charge in [-0.3, -0.25) is 4.79 Å². The van der Waals surface area contributed by atoms with Gasteiger partial charge in [0.25, 0.3) is 5.91 Å². The number of primary amides is 1. The van der Waals surface area contributed by atoms with Crippen LogP contribution in [0.3, 0.4) is 0 Å². The SMILES string of the molecule is CC(C)(C)OC(=O)NC[C@@H](Cc1ccccc1)Nc1nc(Nc2cnc(N3CCOCC3)c(F)c2)c(C(N)=O)cc1F. The quantitative estimate of drug-likeness (QED) is 0.279. The molecule has 0 saturated carbocycles. The van der Waals surface area contributed by atoms with Gasteiger partial charge in [-0.25, -0.2) is 23.5 Å². The summed E-state index contributed by atoms with van der Waals surface area (Å²) in [5.74, 6) is -2.47. The minimum absolute atomic E-state index is 0.0728. The van der Waals surface area contributed by atoms with Crippen LogP contribution in [0, 0.1) is 11.6 Å². The van der Waals surface area contributed by atoms with Gasteiger partial charge in [-0.1, -0.05) is 30.3 Å². The maximum Gasteiger partial charge on any atom is 0.407 e. The summed E-state index contributed by atoms with van der Waals surface area (Å²) in [5, 5.41) is 8.55. The lowest BCUT2D eigenvalue weighted by atomic mass is 10.1. The van der Waals surface area contributed by atoms with E-state index in [-0.39, 0.29) is 35.2 Å². The zero-order valence-corrected chi connectivity index (χ0v) is 23.7. The number of amides is 2. The molecule has 11 nitrogen and oxygen atoms in total. The van der Waals surface area contributed by atoms with Crippen LogP contribution in [0.4, 0.5) is 36.7 Å². The molecule has 1 fully saturated rings. The molecule has 1 atom stereocenters. The topological polar surface area (TPSA) is 144 Å². The number of nitrogens with zero attached hydrogens (tertiary/aromatic N) is 3. The van der Waals surface area contributed by atoms with Gasteiger partial charge in [-0.2, -0.15) is 0 Å². The van der Waals surface area contributed by atoms with E-state index in [0.29, 0.717) is 32.7 Å². The maximum atomic E-state index is 15.2. The molecule has 0 unspecified atom stereocenters. The Morgan fingerprint density at radius 1 is 1.10 bits per heavy atom. The van der Waals surface area contributed by atoms with Gasteiger partial charge in [0.05, 0.1) is 30.7 Å². The Bertz CT molecular complexity index is 1400. The first kappa shape index (κ1) is 30.4. The van der Waals surface area contributed by atoms with Crippen LogP contribution in [0.25, 0.3) is 0 Å². The highest BCUT2D eigenvalue weighted by molar-refractivity contribution is 5.98. The summed E-state index contributed by atoms with van der Waals surface area (Å²) in [6.45, 7) is 7.26. The number of alkyl carbamates (subject to hydrolysis) is 1. The van der Waals surface area contributed by atoms with E-state index in [1.54, 1.807) is 25.7 Å². The van der Waals surface area contributed by atoms with Crippen molar-refractivity contribution in [2.24, 2.45) is 5.73 Å². The normalized spacial score (nSPS) is 14.2. The molecule has 42 heavy (non-hydrogen) atoms. The second kappa shape index (κ2) is 13.4. The number of pyridine rings is 2. The molecule has 3 heterocycles. The highest BCUT2D eigenvalue weighted by atomic mass is 19.1. The number of hydrogen-bond acceptors (Lipinski definition) is 9. The summed E-state index contributed by atoms with van der Waals surface area (Å²) < 4.78 is 40.8. The van der Waals surface area contributed by atoms with Crippen molar-refractivity contribution >= 4 is 35.1 Å². The average Bonchev–Trinajstić information content (AvgIpc) is 2.93. The van der Waals surface area contributed by atoms with Crippen LogP contribution in [-0.4, -0.2) is 66.5 Å². The van der Waals surface area contributed by atoms with E-state index < -0.39 is 35.3 Å². The lowest BCUT2D eigenvalue weighted by Crippen LogP contribution is -2.40. The van der Waals surface area contributed by atoms with Crippen molar-refractivity contribution in [1.82, 2.24) is 15.3 Å². The molecule has 1 aromatic carbocycles. The number of hydrogen-bond donors (Lipinski definition) is 4. The third-order valence-corrected chi connectivity index (χ3v) is 6.19. The molecule has 1 aliphatic heterocycles. The van der Waals surface area contributed by atoms with Crippen LogP contribution in [0.15, 0.2) is 48.7 Å². The fourth-order valence-electron chi connectivity index (χ4n) is 4.30. The van der Waals surface area contributed by atoms with Gasteiger partial charge in [0.1, 0.15) is 11.4 Å². The highest BCUT2D eigenvalue weighted by Gasteiger charge is 2.22. The van der Waals surface area contributed by atoms with Gasteiger partial charge in [0.15, 0.2) is 23.3 Å². The lowest BCUT2D eigenvalue weighted by molar-refractivity contribution is 0.0525. The van der Waals surface area contributed by atoms with E-state index in [1.807, 2.05) is 30.3 Å². The zero-order chi connectivity index (χ0) is 30.3. The summed E-state index contributed by atoms with van der Waals surface area (Å²) in [7, 11) is 0. The molecule has 1 saturated heterocycles. The second-order valence-electron chi connectivity index (χ2n) is 10.7. The van der Waals surface area contributed by atoms with Gasteiger partial charge < -0.3 is 36.1 Å². The lowest BCUT2D eigenvalue weighted by Gasteiger charge is -2.28. The molecule has 2 amide bonds. The molecule has 0 bridgehead atoms. The summed E-state index contributed by atoms with van der Waals surface area (Å²) in [5.41, 5.74) is 5.68. The average molecular weight is 584 g/mol. The number of anilines is 4. The molecule has 13 heteroatoms. The Morgan fingerprint density at radius 2 is 1.81 bits per heavy atom. The van der Waals surface area contributed by atoms with Crippen molar-refractivity contribution in [3.8, 4) is 0 Å². The number of morpholine rings is 1. The van der Waals surface area contributed by atoms with E-state index in [4.69, 9.17) is 15.2 Å². The maximum absolute atomic E-state index is 15.2. The molecule has 4 rings (SSSR count). The summed E-state index contributed by atoms with van der Waals surface area (Å²) >= 11 is 0. The first-order valence-corrected chi connectivity index (χ1v) is 13.5. The third-order valence-electron chi connectivity index (χ3n) is 6.19. The summed E-state index contributed by atoms with van der Waals surface area (Å²) in [4.78, 5) is 34.7. The Kier molecular flexibility index (Phi) is 9.73. The summed E-state index contributed by atoms with van der Waals surface area (Å²) in [6.07, 6.45) is 1.16. The Hall–Kier alpha value is -4.52. The van der Waals surface area contributed by atoms with E-state index in [2.05, 4.69) is 25.9 Å². The van der Waals surface area contributed by atoms with Crippen LogP contribution in [-0.2, 0) is 15.9 Å². The van der Waals surface area contributed by atoms with Gasteiger partial charge in [-0.05, 0) is 38.8 Å². The first-order chi connectivity index (χ1) is 20.0. The fourth-order valence-corrected chi connectivity index (χ4v) is 4.30. The number of halogens is 2. The Balaban J connectivity index is 1.57. The number of benzene rings is 1. The molecular weight excluding hydrogens is 548 g/mol. The van der Waals surface area contributed by atoms with Gasteiger partial charge in [0.2, 0.25) is 0 Å². The molecule has 3 aromatic rings. The molecular formula is C29H35F2N7O4. The van der Waals surface area contributed by atoms with Crippen molar-refractivity contribution in [3.63, 3.8) is 0 Å². The van der Waals surface area contributed by atoms with E-state index in [1.165, 1.54) is 12.3 Å². The molecule has 5 N–H and O–H groups in total. The van der Waals surface area contributed by atoms with Gasteiger partial charge >= 0.3 is 6.09 Å². The molecule has 224 valence electrons. The van der Waals surface area contributed by atoms with E-state index in [9.17, 15) is 14.0 Å². The number of nitrogens with one attached hydrogen (secondary N) is 3. The standard InChI is InChI=1S/C29H35F2N7O4/c1-29(2,3)42-28(40)34-17-19(13-18-7-5-4-6-8-18)36-26-22(30)15-21(24(32)39)25(37-26)35-20-14-23(31)27(33-16-20)38-9-11-41-12-10-38/h4-8,14-16,19H,9-13,17H2,1-3H3,(H2,32,39)(H,34,40)(H2,35,36,37)/t19-/m1/s1. The monoisotopic (exact) mass is 583 g/mol. The van der Waals surface area contributed by atoms with Crippen molar-refractivity contribution in [3.05, 3.63) is 71.4 Å². The zero-order valence-electron chi connectivity index (χ0n) is 23.7. The van der Waals surface area contributed by atoms with Crippen LogP contribution in [0.1, 0.15) is 36.7 Å². The van der Waals surface area contributed by atoms with Crippen molar-refractivity contribution in [1.29, 1.82) is 0 Å². The minimum atomic E-state index is -0.929. The minimum Gasteiger partial charge on any atom is -0.444 e. The van der Waals surface area contributed by atoms with E-state index in [0.717, 1.165) is 11.6 Å². The fraction of sp³-hybridized carbons (Fsp3) is 0.379. The number of carbonyl (C=O) groups excluding carboxylic acids is 2. The van der Waals surface area contributed by atoms with Crippen molar-refractivity contribution in [2.45, 2.75) is 38.8 Å². The summed E-state index contributed by atoms with van der Waals surface area (Å²) in [6, 6.07) is 11.0. The first-order valence-electron chi connectivity index (χ1n) is 13.5. The molecule has 0 radical (unpaired) electrons. The largest absolute Gasteiger partial charge is 0.444 e. The predicted octanol–water partition coefficient (Wildman–Crippen LogP) is 3.98. The molecule has 0 spiro atoms. The Morgan fingerprint density at radius 3 is 2.45 bits per heavy atom. The Labute approximate surface area is 242 Å². The smallest absolute Gasteiger partial charge is 0.407 e. The second-order valence-corrected chi connectivity index (χ2v) is 10.7. The van der Waals surface area contributed by atoms with Crippen LogP contribution in [0.5, 0.6) is 0 Å². The number of carbonyl (C=O) groups is 2. The van der Waals surface area contributed by atoms with Crippen molar-refractivity contribution in [2.75, 3.05) is 48.4 Å². The molecule has 1 aliphatic rings. The van der Waals surface area contributed by atoms with E-state index >= 15 is 4.39 Å². The third kappa shape index (κ3) is 8.49.